The molecular formula is C23H20N2O2S. The summed E-state index contributed by atoms with van der Waals surface area (Å²) in [5, 5.41) is 3.59. The second-order valence-electron chi connectivity index (χ2n) is 6.53. The molecule has 1 N–H and O–H groups in total. The van der Waals surface area contributed by atoms with Gasteiger partial charge < -0.3 is 10.1 Å². The zero-order valence-electron chi connectivity index (χ0n) is 15.7. The Kier molecular flexibility index (Phi) is 5.08. The summed E-state index contributed by atoms with van der Waals surface area (Å²) in [5.41, 5.74) is 3.78. The average Bonchev–Trinajstić information content (AvgIpc) is 3.15. The van der Waals surface area contributed by atoms with Crippen molar-refractivity contribution in [1.29, 1.82) is 0 Å². The SMILES string of the molecule is COc1ccc(C)c2sc(NC(=O)C(c3ccccc3)c3ccccc3)nc12. The van der Waals surface area contributed by atoms with E-state index in [1.165, 1.54) is 11.3 Å². The lowest BCUT2D eigenvalue weighted by molar-refractivity contribution is -0.116. The number of carbonyl (C=O) groups excluding carboxylic acids is 1. The van der Waals surface area contributed by atoms with Gasteiger partial charge >= 0.3 is 0 Å². The molecule has 3 aromatic carbocycles. The summed E-state index contributed by atoms with van der Waals surface area (Å²) in [7, 11) is 1.63. The highest BCUT2D eigenvalue weighted by Crippen LogP contribution is 2.35. The second-order valence-corrected chi connectivity index (χ2v) is 7.52. The van der Waals surface area contributed by atoms with Crippen molar-refractivity contribution >= 4 is 32.6 Å². The fraction of sp³-hybridized carbons (Fsp3) is 0.130. The molecule has 0 fully saturated rings. The van der Waals surface area contributed by atoms with Crippen molar-refractivity contribution in [2.24, 2.45) is 0 Å². The molecule has 1 heterocycles. The fourth-order valence-electron chi connectivity index (χ4n) is 3.29. The molecule has 0 saturated heterocycles. The number of hydrogen-bond acceptors (Lipinski definition) is 4. The number of carbonyl (C=O) groups is 1. The third-order valence-electron chi connectivity index (χ3n) is 4.68. The lowest BCUT2D eigenvalue weighted by atomic mass is 9.90. The van der Waals surface area contributed by atoms with Gasteiger partial charge in [-0.25, -0.2) is 4.98 Å². The van der Waals surface area contributed by atoms with Gasteiger partial charge in [-0.15, -0.1) is 0 Å². The molecule has 28 heavy (non-hydrogen) atoms. The molecule has 0 spiro atoms. The number of fused-ring (bicyclic) bond motifs is 1. The lowest BCUT2D eigenvalue weighted by Gasteiger charge is -2.16. The molecular weight excluding hydrogens is 368 g/mol. The zero-order valence-corrected chi connectivity index (χ0v) is 16.5. The van der Waals surface area contributed by atoms with E-state index in [1.54, 1.807) is 7.11 Å². The molecule has 0 bridgehead atoms. The number of nitrogens with zero attached hydrogens (tertiary/aromatic N) is 1. The van der Waals surface area contributed by atoms with Crippen molar-refractivity contribution in [3.8, 4) is 5.75 Å². The molecule has 0 unspecified atom stereocenters. The van der Waals surface area contributed by atoms with Crippen LogP contribution in [-0.2, 0) is 4.79 Å². The van der Waals surface area contributed by atoms with Gasteiger partial charge in [0.25, 0.3) is 0 Å². The minimum atomic E-state index is -0.405. The van der Waals surface area contributed by atoms with Crippen LogP contribution in [0.5, 0.6) is 5.75 Å². The third-order valence-corrected chi connectivity index (χ3v) is 5.79. The van der Waals surface area contributed by atoms with Crippen molar-refractivity contribution in [3.63, 3.8) is 0 Å². The van der Waals surface area contributed by atoms with Crippen LogP contribution in [0.1, 0.15) is 22.6 Å². The number of methoxy groups -OCH3 is 1. The lowest BCUT2D eigenvalue weighted by Crippen LogP contribution is -2.22. The predicted octanol–water partition coefficient (Wildman–Crippen LogP) is 5.38. The van der Waals surface area contributed by atoms with Crippen molar-refractivity contribution < 1.29 is 9.53 Å². The highest BCUT2D eigenvalue weighted by atomic mass is 32.1. The average molecular weight is 388 g/mol. The van der Waals surface area contributed by atoms with E-state index in [0.717, 1.165) is 26.9 Å². The molecule has 0 aliphatic rings. The first-order valence-corrected chi connectivity index (χ1v) is 9.84. The maximum Gasteiger partial charge on any atom is 0.238 e. The zero-order chi connectivity index (χ0) is 19.5. The van der Waals surface area contributed by atoms with Crippen LogP contribution in [0.15, 0.2) is 72.8 Å². The Morgan fingerprint density at radius 3 is 2.14 bits per heavy atom. The molecule has 0 radical (unpaired) electrons. The Labute approximate surface area is 167 Å². The Morgan fingerprint density at radius 1 is 0.964 bits per heavy atom. The number of rotatable bonds is 5. The van der Waals surface area contributed by atoms with Crippen LogP contribution in [0, 0.1) is 6.92 Å². The van der Waals surface area contributed by atoms with E-state index in [0.29, 0.717) is 10.9 Å². The number of benzene rings is 3. The summed E-state index contributed by atoms with van der Waals surface area (Å²) in [6.07, 6.45) is 0. The van der Waals surface area contributed by atoms with Crippen LogP contribution in [-0.4, -0.2) is 18.0 Å². The quantitative estimate of drug-likeness (QED) is 0.499. The Balaban J connectivity index is 1.71. The van der Waals surface area contributed by atoms with Crippen LogP contribution in [0.3, 0.4) is 0 Å². The largest absolute Gasteiger partial charge is 0.494 e. The topological polar surface area (TPSA) is 51.2 Å². The predicted molar refractivity (Wildman–Crippen MR) is 114 cm³/mol. The van der Waals surface area contributed by atoms with Crippen LogP contribution in [0.25, 0.3) is 10.2 Å². The van der Waals surface area contributed by atoms with Crippen molar-refractivity contribution in [3.05, 3.63) is 89.5 Å². The molecule has 0 saturated carbocycles. The summed E-state index contributed by atoms with van der Waals surface area (Å²) in [6, 6.07) is 23.5. The Bertz CT molecular complexity index is 1070. The van der Waals surface area contributed by atoms with Crippen molar-refractivity contribution in [1.82, 2.24) is 4.98 Å². The second kappa shape index (κ2) is 7.82. The van der Waals surface area contributed by atoms with E-state index >= 15 is 0 Å². The summed E-state index contributed by atoms with van der Waals surface area (Å²) in [4.78, 5) is 17.9. The number of amides is 1. The van der Waals surface area contributed by atoms with Crippen LogP contribution < -0.4 is 10.1 Å². The van der Waals surface area contributed by atoms with Gasteiger partial charge in [0.15, 0.2) is 5.13 Å². The highest BCUT2D eigenvalue weighted by molar-refractivity contribution is 7.22. The fourth-order valence-corrected chi connectivity index (χ4v) is 4.25. The maximum atomic E-state index is 13.3. The maximum absolute atomic E-state index is 13.3. The molecule has 4 aromatic rings. The number of thiazole rings is 1. The summed E-state index contributed by atoms with van der Waals surface area (Å²) in [5.74, 6) is 0.200. The van der Waals surface area contributed by atoms with Gasteiger partial charge in [-0.05, 0) is 29.7 Å². The third kappa shape index (κ3) is 3.49. The first kappa shape index (κ1) is 18.2. The van der Waals surface area contributed by atoms with E-state index < -0.39 is 5.92 Å². The highest BCUT2D eigenvalue weighted by Gasteiger charge is 2.24. The van der Waals surface area contributed by atoms with Crippen molar-refractivity contribution in [2.45, 2.75) is 12.8 Å². The number of ether oxygens (including phenoxy) is 1. The molecule has 1 amide bonds. The summed E-state index contributed by atoms with van der Waals surface area (Å²) in [6.45, 7) is 2.03. The molecule has 0 aliphatic carbocycles. The Hall–Kier alpha value is -3.18. The van der Waals surface area contributed by atoms with E-state index in [4.69, 9.17) is 4.74 Å². The smallest absolute Gasteiger partial charge is 0.238 e. The number of hydrogen-bond donors (Lipinski definition) is 1. The monoisotopic (exact) mass is 388 g/mol. The number of anilines is 1. The van der Waals surface area contributed by atoms with Gasteiger partial charge in [-0.3, -0.25) is 4.79 Å². The van der Waals surface area contributed by atoms with Gasteiger partial charge in [-0.2, -0.15) is 0 Å². The van der Waals surface area contributed by atoms with Gasteiger partial charge in [-0.1, -0.05) is 78.1 Å². The van der Waals surface area contributed by atoms with Gasteiger partial charge in [0, 0.05) is 0 Å². The standard InChI is InChI=1S/C23H20N2O2S/c1-15-13-14-18(27-2)20-21(15)28-23(24-20)25-22(26)19(16-9-5-3-6-10-16)17-11-7-4-8-12-17/h3-14,19H,1-2H3,(H,24,25,26). The van der Waals surface area contributed by atoms with Gasteiger partial charge in [0.2, 0.25) is 5.91 Å². The van der Waals surface area contributed by atoms with Crippen LogP contribution in [0.4, 0.5) is 5.13 Å². The molecule has 5 heteroatoms. The molecule has 0 aliphatic heterocycles. The van der Waals surface area contributed by atoms with E-state index in [-0.39, 0.29) is 5.91 Å². The minimum absolute atomic E-state index is 0.104. The first-order chi connectivity index (χ1) is 13.7. The molecule has 140 valence electrons. The Morgan fingerprint density at radius 2 is 1.57 bits per heavy atom. The first-order valence-electron chi connectivity index (χ1n) is 9.02. The molecule has 4 nitrogen and oxygen atoms in total. The van der Waals surface area contributed by atoms with E-state index in [9.17, 15) is 4.79 Å². The summed E-state index contributed by atoms with van der Waals surface area (Å²) < 4.78 is 6.44. The minimum Gasteiger partial charge on any atom is -0.494 e. The van der Waals surface area contributed by atoms with Crippen molar-refractivity contribution in [2.75, 3.05) is 12.4 Å². The number of aromatic nitrogens is 1. The molecule has 1 aromatic heterocycles. The molecule has 0 atom stereocenters. The number of nitrogens with one attached hydrogen (secondary N) is 1. The van der Waals surface area contributed by atoms with Gasteiger partial charge in [0.05, 0.1) is 17.7 Å². The van der Waals surface area contributed by atoms with E-state index in [1.807, 2.05) is 79.7 Å². The van der Waals surface area contributed by atoms with Gasteiger partial charge in [0.1, 0.15) is 11.3 Å². The van der Waals surface area contributed by atoms with E-state index in [2.05, 4.69) is 10.3 Å². The number of aryl methyl sites for hydroxylation is 1. The molecule has 4 rings (SSSR count). The van der Waals surface area contributed by atoms with Crippen LogP contribution in [0.2, 0.25) is 0 Å². The summed E-state index contributed by atoms with van der Waals surface area (Å²) >= 11 is 1.47. The normalized spacial score (nSPS) is 11.0. The van der Waals surface area contributed by atoms with Crippen LogP contribution >= 0.6 is 11.3 Å².